The van der Waals surface area contributed by atoms with Crippen LogP contribution < -0.4 is 5.32 Å². The highest BCUT2D eigenvalue weighted by Crippen LogP contribution is 2.27. The van der Waals surface area contributed by atoms with E-state index in [0.717, 1.165) is 44.3 Å². The highest BCUT2D eigenvalue weighted by molar-refractivity contribution is 5.91. The van der Waals surface area contributed by atoms with Crippen molar-refractivity contribution in [1.29, 1.82) is 0 Å². The number of hydrogen-bond donors (Lipinski definition) is 1. The molecule has 0 bridgehead atoms. The summed E-state index contributed by atoms with van der Waals surface area (Å²) < 4.78 is 0. The SMILES string of the molecule is CCCCCCCCN(CCC(=O)Nc1ccccc1)C(=O)C1CCCC1. The van der Waals surface area contributed by atoms with Crippen molar-refractivity contribution in [2.45, 2.75) is 77.6 Å². The van der Waals surface area contributed by atoms with Gasteiger partial charge >= 0.3 is 0 Å². The van der Waals surface area contributed by atoms with Crippen LogP contribution in [0.1, 0.15) is 77.6 Å². The first-order valence-corrected chi connectivity index (χ1v) is 10.8. The third kappa shape index (κ3) is 8.15. The number of nitrogens with zero attached hydrogens (tertiary/aromatic N) is 1. The average molecular weight is 373 g/mol. The fourth-order valence-corrected chi connectivity index (χ4v) is 3.83. The van der Waals surface area contributed by atoms with Gasteiger partial charge in [-0.2, -0.15) is 0 Å². The highest BCUT2D eigenvalue weighted by Gasteiger charge is 2.27. The van der Waals surface area contributed by atoms with Crippen LogP contribution in [0.2, 0.25) is 0 Å². The minimum absolute atomic E-state index is 0.0200. The summed E-state index contributed by atoms with van der Waals surface area (Å²) in [5, 5.41) is 2.92. The summed E-state index contributed by atoms with van der Waals surface area (Å²) in [4.78, 5) is 27.1. The Labute approximate surface area is 164 Å². The summed E-state index contributed by atoms with van der Waals surface area (Å²) >= 11 is 0. The number of para-hydroxylation sites is 1. The van der Waals surface area contributed by atoms with Crippen LogP contribution in [0.4, 0.5) is 5.69 Å². The topological polar surface area (TPSA) is 49.4 Å². The monoisotopic (exact) mass is 372 g/mol. The van der Waals surface area contributed by atoms with Crippen LogP contribution in [0.25, 0.3) is 0 Å². The van der Waals surface area contributed by atoms with Gasteiger partial charge in [-0.1, -0.05) is 70.1 Å². The maximum Gasteiger partial charge on any atom is 0.226 e. The Kier molecular flexibility index (Phi) is 9.96. The molecule has 1 aliphatic rings. The number of nitrogens with one attached hydrogen (secondary N) is 1. The summed E-state index contributed by atoms with van der Waals surface area (Å²) in [6.07, 6.45) is 12.0. The second-order valence-corrected chi connectivity index (χ2v) is 7.74. The quantitative estimate of drug-likeness (QED) is 0.500. The smallest absolute Gasteiger partial charge is 0.226 e. The molecule has 150 valence electrons. The van der Waals surface area contributed by atoms with E-state index in [2.05, 4.69) is 12.2 Å². The molecule has 0 atom stereocenters. The first kappa shape index (κ1) is 21.5. The third-order valence-electron chi connectivity index (χ3n) is 5.46. The lowest BCUT2D eigenvalue weighted by molar-refractivity contribution is -0.135. The van der Waals surface area contributed by atoms with E-state index in [1.165, 1.54) is 32.1 Å². The predicted molar refractivity (Wildman–Crippen MR) is 112 cm³/mol. The molecule has 0 unspecified atom stereocenters. The number of amides is 2. The van der Waals surface area contributed by atoms with E-state index in [1.807, 2.05) is 35.2 Å². The molecule has 4 nitrogen and oxygen atoms in total. The normalized spacial score (nSPS) is 14.3. The van der Waals surface area contributed by atoms with Gasteiger partial charge in [0.1, 0.15) is 0 Å². The predicted octanol–water partition coefficient (Wildman–Crippen LogP) is 5.39. The van der Waals surface area contributed by atoms with Gasteiger partial charge in [-0.3, -0.25) is 9.59 Å². The Bertz CT molecular complexity index is 553. The van der Waals surface area contributed by atoms with Gasteiger partial charge in [0.15, 0.2) is 0 Å². The van der Waals surface area contributed by atoms with E-state index < -0.39 is 0 Å². The van der Waals surface area contributed by atoms with E-state index in [-0.39, 0.29) is 17.7 Å². The van der Waals surface area contributed by atoms with E-state index in [1.54, 1.807) is 0 Å². The average Bonchev–Trinajstić information content (AvgIpc) is 3.22. The number of carbonyl (C=O) groups is 2. The molecule has 1 fully saturated rings. The minimum atomic E-state index is -0.0200. The molecule has 0 heterocycles. The molecule has 1 aromatic rings. The van der Waals surface area contributed by atoms with Gasteiger partial charge in [-0.15, -0.1) is 0 Å². The second-order valence-electron chi connectivity index (χ2n) is 7.74. The molecular weight excluding hydrogens is 336 g/mol. The minimum Gasteiger partial charge on any atom is -0.342 e. The molecule has 1 saturated carbocycles. The van der Waals surface area contributed by atoms with Crippen molar-refractivity contribution >= 4 is 17.5 Å². The molecular formula is C23H36N2O2. The standard InChI is InChI=1S/C23H36N2O2/c1-2-3-4-5-6-12-18-25(23(27)20-13-10-11-14-20)19-17-22(26)24-21-15-8-7-9-16-21/h7-9,15-16,20H,2-6,10-14,17-19H2,1H3,(H,24,26). The van der Waals surface area contributed by atoms with E-state index in [9.17, 15) is 9.59 Å². The third-order valence-corrected chi connectivity index (χ3v) is 5.46. The van der Waals surface area contributed by atoms with Gasteiger partial charge in [0.2, 0.25) is 11.8 Å². The van der Waals surface area contributed by atoms with Crippen molar-refractivity contribution in [3.63, 3.8) is 0 Å². The summed E-state index contributed by atoms with van der Waals surface area (Å²) in [5.74, 6) is 0.434. The lowest BCUT2D eigenvalue weighted by atomic mass is 10.1. The van der Waals surface area contributed by atoms with Crippen molar-refractivity contribution < 1.29 is 9.59 Å². The number of benzene rings is 1. The number of anilines is 1. The molecule has 0 radical (unpaired) electrons. The Morgan fingerprint density at radius 3 is 2.33 bits per heavy atom. The number of rotatable bonds is 12. The molecule has 1 aliphatic carbocycles. The molecule has 2 amide bonds. The molecule has 0 aromatic heterocycles. The van der Waals surface area contributed by atoms with Crippen molar-refractivity contribution in [3.8, 4) is 0 Å². The summed E-state index contributed by atoms with van der Waals surface area (Å²) in [6, 6.07) is 9.51. The van der Waals surface area contributed by atoms with Crippen LogP contribution in [0.15, 0.2) is 30.3 Å². The fraction of sp³-hybridized carbons (Fsp3) is 0.652. The molecule has 2 rings (SSSR count). The Hall–Kier alpha value is -1.84. The lowest BCUT2D eigenvalue weighted by Gasteiger charge is -2.25. The molecule has 4 heteroatoms. The summed E-state index contributed by atoms with van der Waals surface area (Å²) in [6.45, 7) is 3.55. The van der Waals surface area contributed by atoms with Gasteiger partial charge < -0.3 is 10.2 Å². The largest absolute Gasteiger partial charge is 0.342 e. The maximum atomic E-state index is 12.9. The molecule has 1 N–H and O–H groups in total. The van der Waals surface area contributed by atoms with Gasteiger partial charge in [0, 0.05) is 31.1 Å². The van der Waals surface area contributed by atoms with Crippen molar-refractivity contribution in [3.05, 3.63) is 30.3 Å². The number of hydrogen-bond acceptors (Lipinski definition) is 2. The lowest BCUT2D eigenvalue weighted by Crippen LogP contribution is -2.38. The Morgan fingerprint density at radius 2 is 1.63 bits per heavy atom. The van der Waals surface area contributed by atoms with Crippen molar-refractivity contribution in [2.75, 3.05) is 18.4 Å². The molecule has 1 aromatic carbocycles. The first-order chi connectivity index (χ1) is 13.2. The van der Waals surface area contributed by atoms with Gasteiger partial charge in [-0.05, 0) is 31.4 Å². The first-order valence-electron chi connectivity index (χ1n) is 10.8. The Balaban J connectivity index is 1.79. The molecule has 0 aliphatic heterocycles. The van der Waals surface area contributed by atoms with Crippen molar-refractivity contribution in [2.24, 2.45) is 5.92 Å². The van der Waals surface area contributed by atoms with E-state index in [4.69, 9.17) is 0 Å². The van der Waals surface area contributed by atoms with Crippen LogP contribution in [0, 0.1) is 5.92 Å². The van der Waals surface area contributed by atoms with Crippen LogP contribution in [0.3, 0.4) is 0 Å². The maximum absolute atomic E-state index is 12.9. The highest BCUT2D eigenvalue weighted by atomic mass is 16.2. The zero-order chi connectivity index (χ0) is 19.3. The zero-order valence-corrected chi connectivity index (χ0v) is 16.9. The number of unbranched alkanes of at least 4 members (excludes halogenated alkanes) is 5. The molecule has 0 saturated heterocycles. The zero-order valence-electron chi connectivity index (χ0n) is 16.9. The number of carbonyl (C=O) groups excluding carboxylic acids is 2. The van der Waals surface area contributed by atoms with Gasteiger partial charge in [-0.25, -0.2) is 0 Å². The van der Waals surface area contributed by atoms with Gasteiger partial charge in [0.25, 0.3) is 0 Å². The van der Waals surface area contributed by atoms with E-state index in [0.29, 0.717) is 13.0 Å². The Morgan fingerprint density at radius 1 is 0.963 bits per heavy atom. The van der Waals surface area contributed by atoms with Crippen LogP contribution in [-0.2, 0) is 9.59 Å². The molecule has 27 heavy (non-hydrogen) atoms. The second kappa shape index (κ2) is 12.5. The van der Waals surface area contributed by atoms with Crippen molar-refractivity contribution in [1.82, 2.24) is 4.90 Å². The molecule has 0 spiro atoms. The van der Waals surface area contributed by atoms with E-state index >= 15 is 0 Å². The fourth-order valence-electron chi connectivity index (χ4n) is 3.83. The van der Waals surface area contributed by atoms with Crippen LogP contribution in [0.5, 0.6) is 0 Å². The van der Waals surface area contributed by atoms with Crippen LogP contribution >= 0.6 is 0 Å². The van der Waals surface area contributed by atoms with Crippen LogP contribution in [-0.4, -0.2) is 29.8 Å². The van der Waals surface area contributed by atoms with Gasteiger partial charge in [0.05, 0.1) is 0 Å². The summed E-state index contributed by atoms with van der Waals surface area (Å²) in [7, 11) is 0. The summed E-state index contributed by atoms with van der Waals surface area (Å²) in [5.41, 5.74) is 0.812.